The van der Waals surface area contributed by atoms with Crippen molar-refractivity contribution in [3.8, 4) is 0 Å². The summed E-state index contributed by atoms with van der Waals surface area (Å²) in [5.41, 5.74) is 1.17. The van der Waals surface area contributed by atoms with Crippen molar-refractivity contribution in [2.45, 2.75) is 38.6 Å². The lowest BCUT2D eigenvalue weighted by Gasteiger charge is -2.18. The molecule has 2 N–H and O–H groups in total. The number of amides is 1. The molecule has 3 rings (SSSR count). The van der Waals surface area contributed by atoms with Crippen LogP contribution < -0.4 is 10.6 Å². The van der Waals surface area contributed by atoms with E-state index in [0.717, 1.165) is 23.6 Å². The number of benzene rings is 2. The van der Waals surface area contributed by atoms with Crippen molar-refractivity contribution in [3.63, 3.8) is 0 Å². The van der Waals surface area contributed by atoms with E-state index in [2.05, 4.69) is 10.6 Å². The molecule has 1 aliphatic heterocycles. The third-order valence-corrected chi connectivity index (χ3v) is 4.55. The van der Waals surface area contributed by atoms with E-state index in [1.54, 1.807) is 0 Å². The van der Waals surface area contributed by atoms with Gasteiger partial charge in [-0.25, -0.2) is 0 Å². The van der Waals surface area contributed by atoms with E-state index >= 15 is 0 Å². The van der Waals surface area contributed by atoms with E-state index in [4.69, 9.17) is 4.74 Å². The first-order valence-electron chi connectivity index (χ1n) is 8.76. The molecule has 0 spiro atoms. The summed E-state index contributed by atoms with van der Waals surface area (Å²) in [5, 5.41) is 5.37. The van der Waals surface area contributed by atoms with Gasteiger partial charge in [-0.2, -0.15) is 13.2 Å². The van der Waals surface area contributed by atoms with Crippen molar-refractivity contribution in [1.29, 1.82) is 0 Å². The van der Waals surface area contributed by atoms with E-state index in [9.17, 15) is 18.0 Å². The van der Waals surface area contributed by atoms with Crippen LogP contribution in [-0.4, -0.2) is 18.6 Å². The quantitative estimate of drug-likeness (QED) is 0.790. The lowest BCUT2D eigenvalue weighted by atomic mass is 10.1. The molecule has 4 nitrogen and oxygen atoms in total. The highest BCUT2D eigenvalue weighted by molar-refractivity contribution is 5.94. The number of ether oxygens (including phenoxy) is 1. The van der Waals surface area contributed by atoms with Crippen molar-refractivity contribution in [2.75, 3.05) is 17.2 Å². The molecule has 2 aromatic carbocycles. The van der Waals surface area contributed by atoms with Gasteiger partial charge < -0.3 is 15.4 Å². The van der Waals surface area contributed by atoms with Gasteiger partial charge in [-0.05, 0) is 49.1 Å². The van der Waals surface area contributed by atoms with E-state index < -0.39 is 23.8 Å². The maximum atomic E-state index is 13.5. The highest BCUT2D eigenvalue weighted by Gasteiger charge is 2.34. The van der Waals surface area contributed by atoms with Crippen LogP contribution in [0, 0.1) is 6.92 Å². The van der Waals surface area contributed by atoms with Gasteiger partial charge >= 0.3 is 6.18 Å². The molecule has 0 unspecified atom stereocenters. The Morgan fingerprint density at radius 2 is 2.00 bits per heavy atom. The van der Waals surface area contributed by atoms with Crippen LogP contribution >= 0.6 is 0 Å². The van der Waals surface area contributed by atoms with Gasteiger partial charge in [0.2, 0.25) is 0 Å². The Morgan fingerprint density at radius 3 is 2.67 bits per heavy atom. The molecule has 1 amide bonds. The number of hydrogen-bond donors (Lipinski definition) is 2. The van der Waals surface area contributed by atoms with Crippen molar-refractivity contribution in [3.05, 3.63) is 59.2 Å². The number of hydrogen-bond acceptors (Lipinski definition) is 3. The minimum Gasteiger partial charge on any atom is -0.380 e. The largest absolute Gasteiger partial charge is 0.418 e. The van der Waals surface area contributed by atoms with Crippen LogP contribution in [0.1, 0.15) is 29.5 Å². The summed E-state index contributed by atoms with van der Waals surface area (Å²) >= 11 is 0. The molecule has 1 aliphatic rings. The molecular formula is C20H21F3N2O2. The number of carbonyl (C=O) groups is 1. The van der Waals surface area contributed by atoms with Gasteiger partial charge in [0.05, 0.1) is 5.56 Å². The van der Waals surface area contributed by atoms with Crippen molar-refractivity contribution < 1.29 is 22.7 Å². The first kappa shape index (κ1) is 19.2. The predicted octanol–water partition coefficient (Wildman–Crippen LogP) is 4.74. The first-order valence-corrected chi connectivity index (χ1v) is 8.76. The Bertz CT molecular complexity index is 815. The van der Waals surface area contributed by atoms with Gasteiger partial charge in [0, 0.05) is 24.5 Å². The summed E-state index contributed by atoms with van der Waals surface area (Å²) in [4.78, 5) is 12.1. The molecule has 0 bridgehead atoms. The standard InChI is InChI=1S/C20H21F3N2O2/c1-13-5-2-3-6-14(13)12-24-17-9-8-15(11-16(17)20(21,22)23)25-19(26)18-7-4-10-27-18/h2-3,5-6,8-9,11,18,24H,4,7,10,12H2,1H3,(H,25,26)/t18-/m1/s1. The Kier molecular flexibility index (Phi) is 5.70. The lowest BCUT2D eigenvalue weighted by Crippen LogP contribution is -2.27. The third-order valence-electron chi connectivity index (χ3n) is 4.55. The van der Waals surface area contributed by atoms with Gasteiger partial charge in [-0.3, -0.25) is 4.79 Å². The molecule has 27 heavy (non-hydrogen) atoms. The maximum Gasteiger partial charge on any atom is 0.418 e. The second kappa shape index (κ2) is 8.00. The molecule has 0 radical (unpaired) electrons. The number of anilines is 2. The van der Waals surface area contributed by atoms with E-state index in [0.29, 0.717) is 13.0 Å². The Labute approximate surface area is 155 Å². The van der Waals surface area contributed by atoms with Crippen molar-refractivity contribution >= 4 is 17.3 Å². The third kappa shape index (κ3) is 4.80. The minimum atomic E-state index is -4.54. The number of rotatable bonds is 5. The number of aryl methyl sites for hydroxylation is 1. The second-order valence-corrected chi connectivity index (χ2v) is 6.53. The Hall–Kier alpha value is -2.54. The number of alkyl halides is 3. The van der Waals surface area contributed by atoms with Crippen LogP contribution in [0.25, 0.3) is 0 Å². The molecule has 1 atom stereocenters. The molecule has 1 saturated heterocycles. The highest BCUT2D eigenvalue weighted by Crippen LogP contribution is 2.37. The summed E-state index contributed by atoms with van der Waals surface area (Å²) in [7, 11) is 0. The number of nitrogens with one attached hydrogen (secondary N) is 2. The van der Waals surface area contributed by atoms with Crippen LogP contribution in [0.2, 0.25) is 0 Å². The average Bonchev–Trinajstić information content (AvgIpc) is 3.16. The van der Waals surface area contributed by atoms with E-state index in [1.165, 1.54) is 12.1 Å². The molecule has 0 saturated carbocycles. The summed E-state index contributed by atoms with van der Waals surface area (Å²) in [6.07, 6.45) is -3.79. The smallest absolute Gasteiger partial charge is 0.380 e. The van der Waals surface area contributed by atoms with Crippen LogP contribution in [0.4, 0.5) is 24.5 Å². The number of halogens is 3. The topological polar surface area (TPSA) is 50.4 Å². The summed E-state index contributed by atoms with van der Waals surface area (Å²) in [6, 6.07) is 11.3. The van der Waals surface area contributed by atoms with Gasteiger partial charge in [-0.15, -0.1) is 0 Å². The van der Waals surface area contributed by atoms with Gasteiger partial charge in [0.1, 0.15) is 6.10 Å². The summed E-state index contributed by atoms with van der Waals surface area (Å²) < 4.78 is 45.7. The number of carbonyl (C=O) groups excluding carboxylic acids is 1. The van der Waals surface area contributed by atoms with Crippen LogP contribution in [0.5, 0.6) is 0 Å². The zero-order chi connectivity index (χ0) is 19.4. The fraction of sp³-hybridized carbons (Fsp3) is 0.350. The molecule has 7 heteroatoms. The average molecular weight is 378 g/mol. The summed E-state index contributed by atoms with van der Waals surface area (Å²) in [6.45, 7) is 2.68. The molecule has 2 aromatic rings. The first-order chi connectivity index (χ1) is 12.8. The SMILES string of the molecule is Cc1ccccc1CNc1ccc(NC(=O)[C@H]2CCCO2)cc1C(F)(F)F. The second-order valence-electron chi connectivity index (χ2n) is 6.53. The zero-order valence-corrected chi connectivity index (χ0v) is 14.9. The van der Waals surface area contributed by atoms with E-state index in [-0.39, 0.29) is 17.9 Å². The molecule has 0 aromatic heterocycles. The van der Waals surface area contributed by atoms with Gasteiger partial charge in [0.15, 0.2) is 0 Å². The minimum absolute atomic E-state index is 0.0270. The lowest BCUT2D eigenvalue weighted by molar-refractivity contribution is -0.137. The van der Waals surface area contributed by atoms with E-state index in [1.807, 2.05) is 31.2 Å². The van der Waals surface area contributed by atoms with Crippen LogP contribution in [0.3, 0.4) is 0 Å². The van der Waals surface area contributed by atoms with Crippen LogP contribution in [0.15, 0.2) is 42.5 Å². The summed E-state index contributed by atoms with van der Waals surface area (Å²) in [5.74, 6) is -0.416. The Balaban J connectivity index is 1.77. The zero-order valence-electron chi connectivity index (χ0n) is 14.9. The van der Waals surface area contributed by atoms with Crippen LogP contribution in [-0.2, 0) is 22.3 Å². The van der Waals surface area contributed by atoms with Gasteiger partial charge in [-0.1, -0.05) is 24.3 Å². The fourth-order valence-corrected chi connectivity index (χ4v) is 3.02. The maximum absolute atomic E-state index is 13.5. The van der Waals surface area contributed by atoms with Crippen molar-refractivity contribution in [2.24, 2.45) is 0 Å². The molecular weight excluding hydrogens is 357 g/mol. The molecule has 0 aliphatic carbocycles. The van der Waals surface area contributed by atoms with Crippen molar-refractivity contribution in [1.82, 2.24) is 0 Å². The molecule has 1 fully saturated rings. The molecule has 144 valence electrons. The fourth-order valence-electron chi connectivity index (χ4n) is 3.02. The van der Waals surface area contributed by atoms with Gasteiger partial charge in [0.25, 0.3) is 5.91 Å². The monoisotopic (exact) mass is 378 g/mol. The highest BCUT2D eigenvalue weighted by atomic mass is 19.4. The molecule has 1 heterocycles. The predicted molar refractivity (Wildman–Crippen MR) is 97.6 cm³/mol. The Morgan fingerprint density at radius 1 is 1.22 bits per heavy atom. The normalized spacial score (nSPS) is 17.0.